The molecule has 0 aliphatic heterocycles. The van der Waals surface area contributed by atoms with Gasteiger partial charge in [0.05, 0.1) is 0 Å². The first-order valence-corrected chi connectivity index (χ1v) is 2.34. The van der Waals surface area contributed by atoms with Gasteiger partial charge < -0.3 is 0 Å². The van der Waals surface area contributed by atoms with Crippen LogP contribution in [0.1, 0.15) is 1.37 Å². The molecule has 0 aromatic carbocycles. The molecule has 0 N–H and O–H groups in total. The molecule has 0 amide bonds. The predicted molar refractivity (Wildman–Crippen MR) is 24.5 cm³/mol. The molecule has 4 heavy (non-hydrogen) atoms. The lowest BCUT2D eigenvalue weighted by Crippen LogP contribution is -1.62. The standard InChI is InChI=1S/C2H4BrCl/c3-1-2-4/h1-2H2/i1D. The maximum atomic E-state index is 6.61. The van der Waals surface area contributed by atoms with E-state index in [4.69, 9.17) is 13.0 Å². The van der Waals surface area contributed by atoms with Gasteiger partial charge in [-0.2, -0.15) is 0 Å². The van der Waals surface area contributed by atoms with Crippen molar-refractivity contribution in [2.75, 3.05) is 11.2 Å². The van der Waals surface area contributed by atoms with Crippen molar-refractivity contribution in [3.05, 3.63) is 0 Å². The molecule has 0 saturated heterocycles. The van der Waals surface area contributed by atoms with Crippen LogP contribution < -0.4 is 0 Å². The second-order valence-electron chi connectivity index (χ2n) is 0.309. The largest absolute Gasteiger partial charge is 0.126 e. The fourth-order valence-corrected chi connectivity index (χ4v) is 0. The van der Waals surface area contributed by atoms with Gasteiger partial charge in [0, 0.05) is 12.6 Å². The summed E-state index contributed by atoms with van der Waals surface area (Å²) in [6.45, 7) is 0. The van der Waals surface area contributed by atoms with Crippen molar-refractivity contribution in [1.29, 1.82) is 0 Å². The Hall–Kier alpha value is 0.770. The molecular weight excluding hydrogens is 139 g/mol. The van der Waals surface area contributed by atoms with E-state index in [2.05, 4.69) is 15.9 Å². The van der Waals surface area contributed by atoms with Gasteiger partial charge in [-0.25, -0.2) is 0 Å². The summed E-state index contributed by atoms with van der Waals surface area (Å²) in [6, 6.07) is 0. The molecule has 0 bridgehead atoms. The number of alkyl halides is 2. The minimum Gasteiger partial charge on any atom is -0.126 e. The van der Waals surface area contributed by atoms with E-state index in [1.807, 2.05) is 0 Å². The topological polar surface area (TPSA) is 0 Å². The quantitative estimate of drug-likeness (QED) is 0.491. The molecular formula is C2H4BrCl. The van der Waals surface area contributed by atoms with Crippen molar-refractivity contribution in [3.63, 3.8) is 0 Å². The van der Waals surface area contributed by atoms with E-state index in [9.17, 15) is 0 Å². The van der Waals surface area contributed by atoms with Crippen LogP contribution in [0.3, 0.4) is 0 Å². The van der Waals surface area contributed by atoms with Crippen LogP contribution in [0.5, 0.6) is 0 Å². The predicted octanol–water partition coefficient (Wildman–Crippen LogP) is 1.62. The summed E-state index contributed by atoms with van der Waals surface area (Å²) >= 11 is 8.01. The maximum Gasteiger partial charge on any atom is 0.0399 e. The second-order valence-corrected chi connectivity index (χ2v) is 1.26. The summed E-state index contributed by atoms with van der Waals surface area (Å²) in [5, 5.41) is -0.288. The van der Waals surface area contributed by atoms with Gasteiger partial charge in [-0.15, -0.1) is 11.6 Å². The van der Waals surface area contributed by atoms with E-state index in [1.54, 1.807) is 0 Å². The monoisotopic (exact) mass is 143 g/mol. The van der Waals surface area contributed by atoms with Crippen molar-refractivity contribution < 1.29 is 1.37 Å². The van der Waals surface area contributed by atoms with Crippen LogP contribution in [0.15, 0.2) is 0 Å². The molecule has 0 aromatic heterocycles. The molecule has 0 spiro atoms. The van der Waals surface area contributed by atoms with Gasteiger partial charge in [-0.3, -0.25) is 0 Å². The highest BCUT2D eigenvalue weighted by Gasteiger charge is 1.61. The molecule has 1 atom stereocenters. The van der Waals surface area contributed by atoms with E-state index in [-0.39, 0.29) is 5.31 Å². The molecule has 0 heterocycles. The average molecular weight is 144 g/mol. The number of rotatable bonds is 1. The third-order valence-corrected chi connectivity index (χ3v) is 0.909. The maximum absolute atomic E-state index is 6.61. The van der Waals surface area contributed by atoms with E-state index >= 15 is 0 Å². The zero-order chi connectivity index (χ0) is 4.28. The van der Waals surface area contributed by atoms with Gasteiger partial charge in [-0.05, 0) is 0 Å². The van der Waals surface area contributed by atoms with E-state index < -0.39 is 0 Å². The summed E-state index contributed by atoms with van der Waals surface area (Å²) in [5.41, 5.74) is 0. The Morgan fingerprint density at radius 1 is 2.25 bits per heavy atom. The third kappa shape index (κ3) is 2.77. The van der Waals surface area contributed by atoms with E-state index in [0.717, 1.165) is 0 Å². The van der Waals surface area contributed by atoms with Crippen molar-refractivity contribution in [2.45, 2.75) is 0 Å². The van der Waals surface area contributed by atoms with Crippen LogP contribution in [-0.2, 0) is 0 Å². The van der Waals surface area contributed by atoms with Crippen LogP contribution in [-0.4, -0.2) is 11.2 Å². The molecule has 0 aromatic rings. The normalized spacial score (nSPS) is 19.0. The molecule has 0 saturated carbocycles. The Balaban J connectivity index is 2.54. The zero-order valence-electron chi connectivity index (χ0n) is 3.04. The lowest BCUT2D eigenvalue weighted by molar-refractivity contribution is 1.57. The van der Waals surface area contributed by atoms with Crippen LogP contribution in [0.4, 0.5) is 0 Å². The Morgan fingerprint density at radius 3 is 2.50 bits per heavy atom. The van der Waals surface area contributed by atoms with Gasteiger partial charge in [0.15, 0.2) is 0 Å². The van der Waals surface area contributed by atoms with Crippen LogP contribution in [0.25, 0.3) is 0 Å². The summed E-state index contributed by atoms with van der Waals surface area (Å²) in [4.78, 5) is 0. The zero-order valence-corrected chi connectivity index (χ0v) is 4.38. The van der Waals surface area contributed by atoms with Crippen LogP contribution in [0.2, 0.25) is 0 Å². The Labute approximate surface area is 40.7 Å². The Kier molecular flexibility index (Phi) is 2.81. The highest BCUT2D eigenvalue weighted by molar-refractivity contribution is 9.09. The summed E-state index contributed by atoms with van der Waals surface area (Å²) in [5.74, 6) is 0.361. The van der Waals surface area contributed by atoms with Crippen molar-refractivity contribution >= 4 is 27.5 Å². The smallest absolute Gasteiger partial charge is 0.0399 e. The van der Waals surface area contributed by atoms with Gasteiger partial charge in [0.1, 0.15) is 0 Å². The third-order valence-electron chi connectivity index (χ3n) is 0.0583. The molecule has 0 aliphatic carbocycles. The van der Waals surface area contributed by atoms with Gasteiger partial charge in [0.2, 0.25) is 0 Å². The Bertz CT molecular complexity index is 23.6. The van der Waals surface area contributed by atoms with Crippen LogP contribution >= 0.6 is 27.5 Å². The summed E-state index contributed by atoms with van der Waals surface area (Å²) in [6.07, 6.45) is 0. The molecule has 26 valence electrons. The second kappa shape index (κ2) is 3.77. The lowest BCUT2D eigenvalue weighted by Gasteiger charge is -1.63. The lowest BCUT2D eigenvalue weighted by atomic mass is 11.0. The molecule has 0 fully saturated rings. The highest BCUT2D eigenvalue weighted by Crippen LogP contribution is 1.79. The van der Waals surface area contributed by atoms with Crippen molar-refractivity contribution in [2.24, 2.45) is 0 Å². The molecule has 2 heteroatoms. The first-order chi connectivity index (χ1) is 2.27. The fraction of sp³-hybridized carbons (Fsp3) is 1.00. The fourth-order valence-electron chi connectivity index (χ4n) is 0. The van der Waals surface area contributed by atoms with E-state index in [0.29, 0.717) is 5.88 Å². The van der Waals surface area contributed by atoms with Crippen molar-refractivity contribution in [1.82, 2.24) is 0 Å². The first-order valence-electron chi connectivity index (χ1n) is 1.47. The highest BCUT2D eigenvalue weighted by atomic mass is 79.9. The van der Waals surface area contributed by atoms with Gasteiger partial charge in [-0.1, -0.05) is 15.9 Å². The Morgan fingerprint density at radius 2 is 2.50 bits per heavy atom. The van der Waals surface area contributed by atoms with Crippen LogP contribution in [0, 0.1) is 0 Å². The number of hydrogen-bond acceptors (Lipinski definition) is 0. The minimum atomic E-state index is -0.288. The van der Waals surface area contributed by atoms with Gasteiger partial charge in [0.25, 0.3) is 0 Å². The molecule has 0 aliphatic rings. The molecule has 0 rings (SSSR count). The number of halogens is 2. The number of hydrogen-bond donors (Lipinski definition) is 0. The SMILES string of the molecule is [2H]C(Br)CCl. The average Bonchev–Trinajstić information content (AvgIpc) is 1.38. The van der Waals surface area contributed by atoms with Crippen molar-refractivity contribution in [3.8, 4) is 0 Å². The summed E-state index contributed by atoms with van der Waals surface area (Å²) in [7, 11) is 0. The molecule has 1 unspecified atom stereocenters. The summed E-state index contributed by atoms with van der Waals surface area (Å²) < 4.78 is 6.61. The van der Waals surface area contributed by atoms with Gasteiger partial charge >= 0.3 is 0 Å². The van der Waals surface area contributed by atoms with E-state index in [1.165, 1.54) is 0 Å². The molecule has 0 nitrogen and oxygen atoms in total. The first kappa shape index (κ1) is 2.98. The molecule has 0 radical (unpaired) electrons. The minimum absolute atomic E-state index is 0.288.